The summed E-state index contributed by atoms with van der Waals surface area (Å²) in [6.07, 6.45) is 0. The molecule has 0 saturated carbocycles. The first-order valence-corrected chi connectivity index (χ1v) is 10.5. The molecule has 31 heavy (non-hydrogen) atoms. The summed E-state index contributed by atoms with van der Waals surface area (Å²) in [5, 5.41) is 12.1. The molecule has 0 radical (unpaired) electrons. The number of anilines is 1. The molecule has 0 aliphatic rings. The first-order valence-electron chi connectivity index (χ1n) is 9.36. The Morgan fingerprint density at radius 2 is 1.65 bits per heavy atom. The van der Waals surface area contributed by atoms with Crippen molar-refractivity contribution in [3.05, 3.63) is 94.1 Å². The van der Waals surface area contributed by atoms with Crippen LogP contribution in [-0.4, -0.2) is 20.9 Å². The molecule has 2 heterocycles. The summed E-state index contributed by atoms with van der Waals surface area (Å²) in [4.78, 5) is 14.2. The molecule has 3 aromatic carbocycles. The number of fused-ring (bicyclic) bond motifs is 1. The number of para-hydroxylation sites is 1. The Kier molecular flexibility index (Phi) is 5.05. The third kappa shape index (κ3) is 3.97. The number of furan rings is 1. The van der Waals surface area contributed by atoms with Crippen molar-refractivity contribution in [2.75, 3.05) is 5.32 Å². The van der Waals surface area contributed by atoms with E-state index in [2.05, 4.69) is 31.4 Å². The van der Waals surface area contributed by atoms with Gasteiger partial charge >= 0.3 is 0 Å². The zero-order chi connectivity index (χ0) is 21.4. The SMILES string of the molecule is O=C(Nc1cc2nn(-c3ccccc3)nc2cc1Cl)c1ccc(-c2ccc(Br)cc2)o1. The van der Waals surface area contributed by atoms with Crippen molar-refractivity contribution in [2.24, 2.45) is 0 Å². The molecule has 5 aromatic rings. The Balaban J connectivity index is 1.40. The van der Waals surface area contributed by atoms with E-state index in [1.165, 1.54) is 4.80 Å². The molecule has 2 aromatic heterocycles. The van der Waals surface area contributed by atoms with Gasteiger partial charge in [0.05, 0.1) is 16.4 Å². The molecule has 0 saturated heterocycles. The quantitative estimate of drug-likeness (QED) is 0.317. The molecule has 8 heteroatoms. The van der Waals surface area contributed by atoms with Gasteiger partial charge in [-0.15, -0.1) is 10.2 Å². The minimum Gasteiger partial charge on any atom is -0.451 e. The second kappa shape index (κ2) is 8.02. The molecule has 6 nitrogen and oxygen atoms in total. The lowest BCUT2D eigenvalue weighted by molar-refractivity contribution is 0.0997. The number of hydrogen-bond donors (Lipinski definition) is 1. The minimum absolute atomic E-state index is 0.182. The molecule has 0 aliphatic heterocycles. The highest BCUT2D eigenvalue weighted by atomic mass is 79.9. The fraction of sp³-hybridized carbons (Fsp3) is 0. The summed E-state index contributed by atoms with van der Waals surface area (Å²) >= 11 is 9.78. The van der Waals surface area contributed by atoms with Crippen LogP contribution in [0, 0.1) is 0 Å². The number of halogens is 2. The molecule has 0 atom stereocenters. The Morgan fingerprint density at radius 3 is 2.39 bits per heavy atom. The molecule has 5 rings (SSSR count). The second-order valence-corrected chi connectivity index (χ2v) is 8.09. The fourth-order valence-corrected chi connectivity index (χ4v) is 3.59. The summed E-state index contributed by atoms with van der Waals surface area (Å²) in [6, 6.07) is 24.0. The van der Waals surface area contributed by atoms with Gasteiger partial charge in [0.15, 0.2) is 5.76 Å². The molecular weight excluding hydrogens is 480 g/mol. The predicted molar refractivity (Wildman–Crippen MR) is 124 cm³/mol. The highest BCUT2D eigenvalue weighted by Crippen LogP contribution is 2.29. The van der Waals surface area contributed by atoms with Crippen LogP contribution in [0.25, 0.3) is 28.0 Å². The zero-order valence-electron chi connectivity index (χ0n) is 15.9. The van der Waals surface area contributed by atoms with Crippen molar-refractivity contribution in [3.8, 4) is 17.0 Å². The molecule has 1 amide bonds. The van der Waals surface area contributed by atoms with Crippen LogP contribution in [-0.2, 0) is 0 Å². The molecular formula is C23H14BrClN4O2. The fourth-order valence-electron chi connectivity index (χ4n) is 3.12. The van der Waals surface area contributed by atoms with Gasteiger partial charge in [0, 0.05) is 10.0 Å². The van der Waals surface area contributed by atoms with E-state index in [0.717, 1.165) is 15.7 Å². The molecule has 1 N–H and O–H groups in total. The topological polar surface area (TPSA) is 73.0 Å². The van der Waals surface area contributed by atoms with Crippen LogP contribution in [0.15, 0.2) is 87.8 Å². The Bertz CT molecular complexity index is 1390. The van der Waals surface area contributed by atoms with Crippen molar-refractivity contribution >= 4 is 50.2 Å². The molecule has 0 aliphatic carbocycles. The van der Waals surface area contributed by atoms with Crippen LogP contribution in [0.4, 0.5) is 5.69 Å². The summed E-state index contributed by atoms with van der Waals surface area (Å²) in [5.74, 6) is 0.382. The van der Waals surface area contributed by atoms with Gasteiger partial charge in [0.2, 0.25) is 0 Å². The zero-order valence-corrected chi connectivity index (χ0v) is 18.3. The maximum atomic E-state index is 12.7. The van der Waals surface area contributed by atoms with Crippen LogP contribution >= 0.6 is 27.5 Å². The van der Waals surface area contributed by atoms with Gasteiger partial charge in [0.25, 0.3) is 5.91 Å². The van der Waals surface area contributed by atoms with E-state index in [-0.39, 0.29) is 5.76 Å². The van der Waals surface area contributed by atoms with Crippen molar-refractivity contribution in [1.82, 2.24) is 15.0 Å². The normalized spacial score (nSPS) is 11.0. The van der Waals surface area contributed by atoms with Crippen LogP contribution in [0.5, 0.6) is 0 Å². The van der Waals surface area contributed by atoms with Gasteiger partial charge < -0.3 is 9.73 Å². The summed E-state index contributed by atoms with van der Waals surface area (Å²) in [6.45, 7) is 0. The van der Waals surface area contributed by atoms with E-state index in [9.17, 15) is 4.79 Å². The first-order chi connectivity index (χ1) is 15.1. The molecule has 152 valence electrons. The Morgan fingerprint density at radius 1 is 0.935 bits per heavy atom. The van der Waals surface area contributed by atoms with E-state index in [4.69, 9.17) is 16.0 Å². The number of carbonyl (C=O) groups excluding carboxylic acids is 1. The van der Waals surface area contributed by atoms with Crippen molar-refractivity contribution < 1.29 is 9.21 Å². The molecule has 0 bridgehead atoms. The van der Waals surface area contributed by atoms with Crippen molar-refractivity contribution in [2.45, 2.75) is 0 Å². The summed E-state index contributed by atoms with van der Waals surface area (Å²) in [5.41, 5.74) is 3.37. The third-order valence-corrected chi connectivity index (χ3v) is 5.50. The number of nitrogens with one attached hydrogen (secondary N) is 1. The number of rotatable bonds is 4. The predicted octanol–water partition coefficient (Wildman–Crippen LogP) is 6.35. The molecule has 0 fully saturated rings. The van der Waals surface area contributed by atoms with E-state index in [0.29, 0.717) is 27.5 Å². The third-order valence-electron chi connectivity index (χ3n) is 4.66. The maximum absolute atomic E-state index is 12.7. The van der Waals surface area contributed by atoms with E-state index in [1.807, 2.05) is 54.6 Å². The van der Waals surface area contributed by atoms with E-state index in [1.54, 1.807) is 24.3 Å². The van der Waals surface area contributed by atoms with Gasteiger partial charge in [-0.05, 0) is 48.5 Å². The number of benzene rings is 3. The number of aromatic nitrogens is 3. The lowest BCUT2D eigenvalue weighted by atomic mass is 10.2. The lowest BCUT2D eigenvalue weighted by Gasteiger charge is -2.05. The average molecular weight is 494 g/mol. The molecule has 0 unspecified atom stereocenters. The Hall–Kier alpha value is -3.42. The number of hydrogen-bond acceptors (Lipinski definition) is 4. The smallest absolute Gasteiger partial charge is 0.291 e. The molecule has 0 spiro atoms. The van der Waals surface area contributed by atoms with Crippen LogP contribution in [0.3, 0.4) is 0 Å². The largest absolute Gasteiger partial charge is 0.451 e. The highest BCUT2D eigenvalue weighted by Gasteiger charge is 2.16. The number of carbonyl (C=O) groups is 1. The Labute approximate surface area is 190 Å². The van der Waals surface area contributed by atoms with Gasteiger partial charge in [0.1, 0.15) is 16.8 Å². The van der Waals surface area contributed by atoms with Crippen LogP contribution < -0.4 is 5.32 Å². The summed E-state index contributed by atoms with van der Waals surface area (Å²) in [7, 11) is 0. The second-order valence-electron chi connectivity index (χ2n) is 6.77. The number of amides is 1. The minimum atomic E-state index is -0.403. The lowest BCUT2D eigenvalue weighted by Crippen LogP contribution is -2.11. The van der Waals surface area contributed by atoms with Crippen LogP contribution in [0.1, 0.15) is 10.6 Å². The monoisotopic (exact) mass is 492 g/mol. The van der Waals surface area contributed by atoms with Crippen molar-refractivity contribution in [1.29, 1.82) is 0 Å². The average Bonchev–Trinajstić information content (AvgIpc) is 3.43. The first kappa shape index (κ1) is 19.5. The summed E-state index contributed by atoms with van der Waals surface area (Å²) < 4.78 is 6.70. The standard InChI is InChI=1S/C23H14BrClN4O2/c24-15-8-6-14(7-9-15)21-10-11-22(31-21)23(30)26-18-13-20-19(12-17(18)25)27-29(28-20)16-4-2-1-3-5-16/h1-13H,(H,26,30). The van der Waals surface area contributed by atoms with E-state index < -0.39 is 5.91 Å². The maximum Gasteiger partial charge on any atom is 0.291 e. The van der Waals surface area contributed by atoms with Crippen molar-refractivity contribution in [3.63, 3.8) is 0 Å². The van der Waals surface area contributed by atoms with Gasteiger partial charge in [-0.1, -0.05) is 57.9 Å². The van der Waals surface area contributed by atoms with Crippen LogP contribution in [0.2, 0.25) is 5.02 Å². The highest BCUT2D eigenvalue weighted by molar-refractivity contribution is 9.10. The van der Waals surface area contributed by atoms with Gasteiger partial charge in [-0.25, -0.2) is 0 Å². The van der Waals surface area contributed by atoms with Gasteiger partial charge in [-0.2, -0.15) is 4.80 Å². The van der Waals surface area contributed by atoms with E-state index >= 15 is 0 Å². The number of nitrogens with zero attached hydrogens (tertiary/aromatic N) is 3. The van der Waals surface area contributed by atoms with Gasteiger partial charge in [-0.3, -0.25) is 4.79 Å².